The predicted octanol–water partition coefficient (Wildman–Crippen LogP) is 4.00. The van der Waals surface area contributed by atoms with Crippen molar-refractivity contribution in [2.45, 2.75) is 25.6 Å². The Kier molecular flexibility index (Phi) is 5.02. The Morgan fingerprint density at radius 2 is 1.97 bits per heavy atom. The lowest BCUT2D eigenvalue weighted by Gasteiger charge is -2.25. The van der Waals surface area contributed by atoms with Gasteiger partial charge in [0.05, 0.1) is 11.4 Å². The first-order valence-electron chi connectivity index (χ1n) is 9.83. The molecule has 5 rings (SSSR count). The van der Waals surface area contributed by atoms with E-state index in [9.17, 15) is 9.59 Å². The van der Waals surface area contributed by atoms with Crippen LogP contribution in [0.2, 0.25) is 0 Å². The van der Waals surface area contributed by atoms with Gasteiger partial charge in [-0.1, -0.05) is 37.7 Å². The van der Waals surface area contributed by atoms with Crippen LogP contribution in [-0.4, -0.2) is 37.2 Å². The highest BCUT2D eigenvalue weighted by atomic mass is 79.9. The van der Waals surface area contributed by atoms with E-state index in [1.807, 2.05) is 44.2 Å². The third-order valence-corrected chi connectivity index (χ3v) is 6.60. The SMILES string of the molecule is CC(C)[C@H]1N=C2c3ccccc3N=C(SCc3cc(=O)n4cc(Br)ccc4n3)N2C1=O. The summed E-state index contributed by atoms with van der Waals surface area (Å²) >= 11 is 4.75. The van der Waals surface area contributed by atoms with Gasteiger partial charge in [-0.25, -0.2) is 14.9 Å². The molecule has 1 atom stereocenters. The van der Waals surface area contributed by atoms with Crippen LogP contribution in [0.4, 0.5) is 5.69 Å². The zero-order valence-electron chi connectivity index (χ0n) is 16.8. The molecule has 31 heavy (non-hydrogen) atoms. The second-order valence-electron chi connectivity index (χ2n) is 7.68. The molecule has 7 nitrogen and oxygen atoms in total. The average molecular weight is 496 g/mol. The van der Waals surface area contributed by atoms with Crippen molar-refractivity contribution in [1.82, 2.24) is 14.3 Å². The Labute approximate surface area is 191 Å². The number of thioether (sulfide) groups is 1. The molecule has 9 heteroatoms. The topological polar surface area (TPSA) is 79.4 Å². The molecule has 0 spiro atoms. The smallest absolute Gasteiger partial charge is 0.259 e. The number of amides is 1. The van der Waals surface area contributed by atoms with Gasteiger partial charge in [-0.05, 0) is 46.1 Å². The number of carbonyl (C=O) groups excluding carboxylic acids is 1. The number of nitrogens with zero attached hydrogens (tertiary/aromatic N) is 5. The van der Waals surface area contributed by atoms with Gasteiger partial charge in [0.1, 0.15) is 17.5 Å². The lowest BCUT2D eigenvalue weighted by atomic mass is 10.1. The number of carbonyl (C=O) groups is 1. The number of para-hydroxylation sites is 1. The Morgan fingerprint density at radius 3 is 2.77 bits per heavy atom. The first-order valence-corrected chi connectivity index (χ1v) is 11.6. The van der Waals surface area contributed by atoms with Crippen LogP contribution in [0, 0.1) is 5.92 Å². The molecule has 3 aromatic rings. The molecule has 1 aromatic carbocycles. The Balaban J connectivity index is 1.49. The number of halogens is 1. The lowest BCUT2D eigenvalue weighted by molar-refractivity contribution is -0.125. The van der Waals surface area contributed by atoms with Crippen molar-refractivity contribution in [1.29, 1.82) is 0 Å². The average Bonchev–Trinajstić information content (AvgIpc) is 3.11. The van der Waals surface area contributed by atoms with E-state index in [2.05, 4.69) is 20.9 Å². The maximum absolute atomic E-state index is 13.1. The van der Waals surface area contributed by atoms with Crippen LogP contribution in [0.3, 0.4) is 0 Å². The van der Waals surface area contributed by atoms with E-state index >= 15 is 0 Å². The second-order valence-corrected chi connectivity index (χ2v) is 9.53. The zero-order chi connectivity index (χ0) is 21.7. The molecular formula is C22H18BrN5O2S. The van der Waals surface area contributed by atoms with Gasteiger partial charge in [-0.15, -0.1) is 0 Å². The zero-order valence-corrected chi connectivity index (χ0v) is 19.2. The van der Waals surface area contributed by atoms with Gasteiger partial charge < -0.3 is 0 Å². The summed E-state index contributed by atoms with van der Waals surface area (Å²) in [5, 5.41) is 0.559. The minimum absolute atomic E-state index is 0.0675. The maximum atomic E-state index is 13.1. The van der Waals surface area contributed by atoms with Crippen molar-refractivity contribution in [2.75, 3.05) is 0 Å². The van der Waals surface area contributed by atoms with Crippen LogP contribution in [-0.2, 0) is 10.5 Å². The fraction of sp³-hybridized carbons (Fsp3) is 0.227. The van der Waals surface area contributed by atoms with Crippen molar-refractivity contribution in [3.63, 3.8) is 0 Å². The maximum Gasteiger partial charge on any atom is 0.259 e. The summed E-state index contributed by atoms with van der Waals surface area (Å²) in [6.07, 6.45) is 1.70. The van der Waals surface area contributed by atoms with Gasteiger partial charge in [-0.2, -0.15) is 0 Å². The van der Waals surface area contributed by atoms with E-state index in [1.165, 1.54) is 22.2 Å². The van der Waals surface area contributed by atoms with Gasteiger partial charge in [0.15, 0.2) is 5.17 Å². The summed E-state index contributed by atoms with van der Waals surface area (Å²) in [4.78, 5) is 41.3. The summed E-state index contributed by atoms with van der Waals surface area (Å²) in [7, 11) is 0. The summed E-state index contributed by atoms with van der Waals surface area (Å²) in [5.41, 5.74) is 2.69. The highest BCUT2D eigenvalue weighted by molar-refractivity contribution is 9.10. The highest BCUT2D eigenvalue weighted by Gasteiger charge is 2.42. The van der Waals surface area contributed by atoms with Gasteiger partial charge in [0.25, 0.3) is 11.5 Å². The van der Waals surface area contributed by atoms with Crippen LogP contribution >= 0.6 is 27.7 Å². The molecule has 0 bridgehead atoms. The van der Waals surface area contributed by atoms with Crippen molar-refractivity contribution in [3.8, 4) is 0 Å². The minimum atomic E-state index is -0.422. The molecule has 2 aromatic heterocycles. The van der Waals surface area contributed by atoms with Crippen LogP contribution in [0.1, 0.15) is 25.1 Å². The Hall–Kier alpha value is -2.78. The second kappa shape index (κ2) is 7.72. The van der Waals surface area contributed by atoms with E-state index in [0.717, 1.165) is 15.7 Å². The first kappa shape index (κ1) is 20.1. The molecule has 0 saturated carbocycles. The number of fused-ring (bicyclic) bond motifs is 4. The fourth-order valence-corrected chi connectivity index (χ4v) is 4.87. The Morgan fingerprint density at radius 1 is 1.16 bits per heavy atom. The first-order chi connectivity index (χ1) is 14.9. The van der Waals surface area contributed by atoms with E-state index in [0.29, 0.717) is 28.1 Å². The summed E-state index contributed by atoms with van der Waals surface area (Å²) in [6.45, 7) is 3.98. The van der Waals surface area contributed by atoms with Crippen LogP contribution in [0.5, 0.6) is 0 Å². The quantitative estimate of drug-likeness (QED) is 0.549. The number of rotatable bonds is 3. The number of pyridine rings is 1. The van der Waals surface area contributed by atoms with Crippen LogP contribution in [0.25, 0.3) is 5.65 Å². The van der Waals surface area contributed by atoms with Crippen LogP contribution in [0.15, 0.2) is 67.9 Å². The van der Waals surface area contributed by atoms with E-state index in [-0.39, 0.29) is 17.4 Å². The van der Waals surface area contributed by atoms with Crippen molar-refractivity contribution in [2.24, 2.45) is 15.9 Å². The molecule has 4 heterocycles. The van der Waals surface area contributed by atoms with Gasteiger partial charge in [0.2, 0.25) is 0 Å². The summed E-state index contributed by atoms with van der Waals surface area (Å²) in [5.74, 6) is 1.08. The highest BCUT2D eigenvalue weighted by Crippen LogP contribution is 2.35. The van der Waals surface area contributed by atoms with Gasteiger partial charge >= 0.3 is 0 Å². The molecule has 2 aliphatic heterocycles. The molecule has 0 fully saturated rings. The van der Waals surface area contributed by atoms with Crippen molar-refractivity contribution in [3.05, 3.63) is 74.7 Å². The molecule has 0 unspecified atom stereocenters. The molecule has 156 valence electrons. The molecular weight excluding hydrogens is 478 g/mol. The number of hydrogen-bond donors (Lipinski definition) is 0. The van der Waals surface area contributed by atoms with Crippen molar-refractivity contribution >= 4 is 55.9 Å². The van der Waals surface area contributed by atoms with Crippen molar-refractivity contribution < 1.29 is 4.79 Å². The number of aromatic nitrogens is 2. The monoisotopic (exact) mass is 495 g/mol. The summed E-state index contributed by atoms with van der Waals surface area (Å²) < 4.78 is 2.30. The largest absolute Gasteiger partial charge is 0.271 e. The number of amidine groups is 2. The standard InChI is InChI=1S/C22H18BrN5O2S/c1-12(2)19-21(30)28-20(26-19)15-5-3-4-6-16(15)25-22(28)31-11-14-9-18(29)27-10-13(23)7-8-17(27)24-14/h3-10,12,19H,11H2,1-2H3/t19-/m1/s1. The molecule has 0 aliphatic carbocycles. The molecule has 0 saturated heterocycles. The summed E-state index contributed by atoms with van der Waals surface area (Å²) in [6, 6.07) is 12.4. The van der Waals surface area contributed by atoms with Gasteiger partial charge in [0, 0.05) is 28.1 Å². The van der Waals surface area contributed by atoms with Crippen LogP contribution < -0.4 is 5.56 Å². The molecule has 0 radical (unpaired) electrons. The third-order valence-electron chi connectivity index (χ3n) is 5.16. The lowest BCUT2D eigenvalue weighted by Crippen LogP contribution is -2.42. The predicted molar refractivity (Wildman–Crippen MR) is 126 cm³/mol. The van der Waals surface area contributed by atoms with E-state index in [1.54, 1.807) is 17.2 Å². The fourth-order valence-electron chi connectivity index (χ4n) is 3.64. The number of aliphatic imine (C=N–C) groups is 2. The normalized spacial score (nSPS) is 17.6. The number of benzene rings is 1. The number of hydrogen-bond acceptors (Lipinski definition) is 6. The van der Waals surface area contributed by atoms with E-state index in [4.69, 9.17) is 9.98 Å². The minimum Gasteiger partial charge on any atom is -0.271 e. The third kappa shape index (κ3) is 3.51. The molecule has 1 amide bonds. The van der Waals surface area contributed by atoms with E-state index < -0.39 is 6.04 Å². The molecule has 0 N–H and O–H groups in total. The molecule has 2 aliphatic rings. The Bertz CT molecular complexity index is 1350. The van der Waals surface area contributed by atoms with Gasteiger partial charge in [-0.3, -0.25) is 19.0 Å².